The monoisotopic (exact) mass is 295 g/mol. The van der Waals surface area contributed by atoms with Crippen LogP contribution in [-0.4, -0.2) is 54.5 Å². The standard InChI is InChI=1S/C17H33N3O/c1-13-6-9-19(10-7-13)11-16-5-4-8-20(12-16)17(21)14(2)15(3)18/h13-16H,4-12,18H2,1-3H3. The minimum atomic E-state index is -0.0559. The largest absolute Gasteiger partial charge is 0.342 e. The number of hydrogen-bond acceptors (Lipinski definition) is 3. The molecule has 2 heterocycles. The molecule has 0 aromatic carbocycles. The summed E-state index contributed by atoms with van der Waals surface area (Å²) < 4.78 is 0. The molecule has 2 aliphatic heterocycles. The molecule has 0 bridgehead atoms. The van der Waals surface area contributed by atoms with Gasteiger partial charge in [-0.3, -0.25) is 4.79 Å². The molecule has 0 aromatic heterocycles. The van der Waals surface area contributed by atoms with Crippen LogP contribution < -0.4 is 5.73 Å². The Morgan fingerprint density at radius 2 is 1.86 bits per heavy atom. The highest BCUT2D eigenvalue weighted by molar-refractivity contribution is 5.79. The zero-order chi connectivity index (χ0) is 15.4. The van der Waals surface area contributed by atoms with Crippen molar-refractivity contribution in [3.8, 4) is 0 Å². The summed E-state index contributed by atoms with van der Waals surface area (Å²) in [5.74, 6) is 1.73. The molecule has 2 fully saturated rings. The summed E-state index contributed by atoms with van der Waals surface area (Å²) in [5.41, 5.74) is 5.88. The Kier molecular flexibility index (Phi) is 6.06. The van der Waals surface area contributed by atoms with Gasteiger partial charge in [-0.2, -0.15) is 0 Å². The van der Waals surface area contributed by atoms with Crippen LogP contribution in [0.4, 0.5) is 0 Å². The van der Waals surface area contributed by atoms with Crippen molar-refractivity contribution < 1.29 is 4.79 Å². The number of hydrogen-bond donors (Lipinski definition) is 1. The number of amides is 1. The van der Waals surface area contributed by atoms with Crippen LogP contribution in [0.25, 0.3) is 0 Å². The average molecular weight is 295 g/mol. The molecular formula is C17H33N3O. The Morgan fingerprint density at radius 3 is 2.48 bits per heavy atom. The van der Waals surface area contributed by atoms with E-state index >= 15 is 0 Å². The number of nitrogens with two attached hydrogens (primary N) is 1. The molecule has 2 saturated heterocycles. The molecule has 1 amide bonds. The van der Waals surface area contributed by atoms with E-state index in [1.54, 1.807) is 0 Å². The lowest BCUT2D eigenvalue weighted by atomic mass is 9.93. The van der Waals surface area contributed by atoms with Crippen LogP contribution in [0.1, 0.15) is 46.5 Å². The van der Waals surface area contributed by atoms with Gasteiger partial charge >= 0.3 is 0 Å². The van der Waals surface area contributed by atoms with Crippen molar-refractivity contribution in [2.45, 2.75) is 52.5 Å². The van der Waals surface area contributed by atoms with Crippen LogP contribution in [0.2, 0.25) is 0 Å². The zero-order valence-electron chi connectivity index (χ0n) is 14.1. The van der Waals surface area contributed by atoms with Gasteiger partial charge in [-0.25, -0.2) is 0 Å². The minimum Gasteiger partial charge on any atom is -0.342 e. The third kappa shape index (κ3) is 4.68. The van der Waals surface area contributed by atoms with Gasteiger partial charge in [0, 0.05) is 25.7 Å². The van der Waals surface area contributed by atoms with Crippen LogP contribution in [-0.2, 0) is 4.79 Å². The third-order valence-electron chi connectivity index (χ3n) is 5.40. The van der Waals surface area contributed by atoms with E-state index in [-0.39, 0.29) is 17.9 Å². The topological polar surface area (TPSA) is 49.6 Å². The summed E-state index contributed by atoms with van der Waals surface area (Å²) >= 11 is 0. The Bertz CT molecular complexity index is 337. The predicted octanol–water partition coefficient (Wildman–Crippen LogP) is 1.94. The molecule has 122 valence electrons. The molecule has 2 aliphatic rings. The zero-order valence-corrected chi connectivity index (χ0v) is 14.1. The molecule has 0 aromatic rings. The van der Waals surface area contributed by atoms with Crippen LogP contribution in [0.15, 0.2) is 0 Å². The quantitative estimate of drug-likeness (QED) is 0.862. The summed E-state index contributed by atoms with van der Waals surface area (Å²) in [6.45, 7) is 11.7. The molecule has 4 heteroatoms. The Hall–Kier alpha value is -0.610. The number of rotatable bonds is 4. The van der Waals surface area contributed by atoms with Crippen LogP contribution in [0.3, 0.4) is 0 Å². The lowest BCUT2D eigenvalue weighted by Crippen LogP contribution is -2.48. The fourth-order valence-corrected chi connectivity index (χ4v) is 3.54. The second kappa shape index (κ2) is 7.59. The highest BCUT2D eigenvalue weighted by atomic mass is 16.2. The summed E-state index contributed by atoms with van der Waals surface area (Å²) in [7, 11) is 0. The summed E-state index contributed by atoms with van der Waals surface area (Å²) in [6.07, 6.45) is 5.07. The van der Waals surface area contributed by atoms with Crippen molar-refractivity contribution in [1.82, 2.24) is 9.80 Å². The summed E-state index contributed by atoms with van der Waals surface area (Å²) in [5, 5.41) is 0. The summed E-state index contributed by atoms with van der Waals surface area (Å²) in [4.78, 5) is 17.1. The lowest BCUT2D eigenvalue weighted by Gasteiger charge is -2.38. The maximum absolute atomic E-state index is 12.5. The SMILES string of the molecule is CC1CCN(CC2CCCN(C(=O)C(C)C(C)N)C2)CC1. The number of carbonyl (C=O) groups excluding carboxylic acids is 1. The van der Waals surface area contributed by atoms with E-state index in [1.165, 1.54) is 38.9 Å². The molecular weight excluding hydrogens is 262 g/mol. The fourth-order valence-electron chi connectivity index (χ4n) is 3.54. The van der Waals surface area contributed by atoms with Crippen LogP contribution >= 0.6 is 0 Å². The van der Waals surface area contributed by atoms with E-state index in [2.05, 4.69) is 16.7 Å². The molecule has 0 aliphatic carbocycles. The smallest absolute Gasteiger partial charge is 0.226 e. The molecule has 3 atom stereocenters. The highest BCUT2D eigenvalue weighted by Gasteiger charge is 2.29. The molecule has 0 saturated carbocycles. The summed E-state index contributed by atoms with van der Waals surface area (Å²) in [6, 6.07) is -0.0542. The van der Waals surface area contributed by atoms with Crippen LogP contribution in [0, 0.1) is 17.8 Å². The Labute approximate surface area is 130 Å². The van der Waals surface area contributed by atoms with Crippen molar-refractivity contribution in [2.24, 2.45) is 23.5 Å². The number of carbonyl (C=O) groups is 1. The maximum atomic E-state index is 12.5. The van der Waals surface area contributed by atoms with Gasteiger partial charge in [0.25, 0.3) is 0 Å². The number of likely N-dealkylation sites (tertiary alicyclic amines) is 2. The molecule has 2 N–H and O–H groups in total. The molecule has 21 heavy (non-hydrogen) atoms. The van der Waals surface area contributed by atoms with Gasteiger partial charge in [-0.1, -0.05) is 13.8 Å². The number of piperidine rings is 2. The van der Waals surface area contributed by atoms with E-state index in [0.29, 0.717) is 5.92 Å². The first-order chi connectivity index (χ1) is 9.97. The average Bonchev–Trinajstić information content (AvgIpc) is 2.48. The van der Waals surface area contributed by atoms with E-state index < -0.39 is 0 Å². The molecule has 0 radical (unpaired) electrons. The van der Waals surface area contributed by atoms with Crippen LogP contribution in [0.5, 0.6) is 0 Å². The van der Waals surface area contributed by atoms with Gasteiger partial charge in [-0.15, -0.1) is 0 Å². The highest BCUT2D eigenvalue weighted by Crippen LogP contribution is 2.23. The van der Waals surface area contributed by atoms with Gasteiger partial charge in [0.1, 0.15) is 0 Å². The van der Waals surface area contributed by atoms with Crippen molar-refractivity contribution in [3.05, 3.63) is 0 Å². The van der Waals surface area contributed by atoms with Gasteiger partial charge < -0.3 is 15.5 Å². The minimum absolute atomic E-state index is 0.0542. The normalized spacial score (nSPS) is 28.4. The first-order valence-corrected chi connectivity index (χ1v) is 8.74. The van der Waals surface area contributed by atoms with Gasteiger partial charge in [0.2, 0.25) is 5.91 Å². The predicted molar refractivity (Wildman–Crippen MR) is 87.0 cm³/mol. The Balaban J connectivity index is 1.82. The van der Waals surface area contributed by atoms with Crippen molar-refractivity contribution in [2.75, 3.05) is 32.7 Å². The van der Waals surface area contributed by atoms with Crippen molar-refractivity contribution >= 4 is 5.91 Å². The lowest BCUT2D eigenvalue weighted by molar-refractivity contribution is -0.137. The van der Waals surface area contributed by atoms with E-state index in [0.717, 1.165) is 25.4 Å². The van der Waals surface area contributed by atoms with Gasteiger partial charge in [-0.05, 0) is 57.5 Å². The van der Waals surface area contributed by atoms with E-state index in [9.17, 15) is 4.79 Å². The third-order valence-corrected chi connectivity index (χ3v) is 5.40. The second-order valence-electron chi connectivity index (χ2n) is 7.42. The van der Waals surface area contributed by atoms with Crippen molar-refractivity contribution in [3.63, 3.8) is 0 Å². The molecule has 0 spiro atoms. The first kappa shape index (κ1) is 16.8. The second-order valence-corrected chi connectivity index (χ2v) is 7.42. The first-order valence-electron chi connectivity index (χ1n) is 8.74. The van der Waals surface area contributed by atoms with E-state index in [1.807, 2.05) is 13.8 Å². The molecule has 4 nitrogen and oxygen atoms in total. The molecule has 3 unspecified atom stereocenters. The number of nitrogens with zero attached hydrogens (tertiary/aromatic N) is 2. The fraction of sp³-hybridized carbons (Fsp3) is 0.941. The Morgan fingerprint density at radius 1 is 1.19 bits per heavy atom. The molecule has 2 rings (SSSR count). The van der Waals surface area contributed by atoms with Gasteiger partial charge in [0.15, 0.2) is 0 Å². The maximum Gasteiger partial charge on any atom is 0.226 e. The van der Waals surface area contributed by atoms with Gasteiger partial charge in [0.05, 0.1) is 5.92 Å². The van der Waals surface area contributed by atoms with Crippen molar-refractivity contribution in [1.29, 1.82) is 0 Å². The van der Waals surface area contributed by atoms with E-state index in [4.69, 9.17) is 5.73 Å².